The number of hydrogen-bond acceptors (Lipinski definition) is 4. The molecule has 2 heterocycles. The van der Waals surface area contributed by atoms with Gasteiger partial charge in [0.25, 0.3) is 0 Å². The van der Waals surface area contributed by atoms with Crippen LogP contribution in [0.3, 0.4) is 0 Å². The summed E-state index contributed by atoms with van der Waals surface area (Å²) >= 11 is 0. The molecule has 5 nitrogen and oxygen atoms in total. The summed E-state index contributed by atoms with van der Waals surface area (Å²) in [5, 5.41) is 3.05. The average Bonchev–Trinajstić information content (AvgIpc) is 2.61. The van der Waals surface area contributed by atoms with E-state index in [1.807, 2.05) is 6.07 Å². The minimum atomic E-state index is 0.0669. The lowest BCUT2D eigenvalue weighted by molar-refractivity contribution is -0.127. The Morgan fingerprint density at radius 2 is 2.04 bits per heavy atom. The fraction of sp³-hybridized carbons (Fsp3) is 0.526. The zero-order chi connectivity index (χ0) is 16.6. The van der Waals surface area contributed by atoms with Gasteiger partial charge in [0.05, 0.1) is 13.3 Å². The van der Waals surface area contributed by atoms with Gasteiger partial charge in [0.15, 0.2) is 0 Å². The highest BCUT2D eigenvalue weighted by molar-refractivity contribution is 5.88. The van der Waals surface area contributed by atoms with Crippen LogP contribution in [0.15, 0.2) is 36.5 Å². The van der Waals surface area contributed by atoms with E-state index in [4.69, 9.17) is 4.74 Å². The fourth-order valence-electron chi connectivity index (χ4n) is 3.22. The molecule has 2 aliphatic heterocycles. The van der Waals surface area contributed by atoms with Crippen molar-refractivity contribution in [2.45, 2.75) is 32.2 Å². The average molecular weight is 329 g/mol. The SMILES string of the molecule is O=C1C=CNCN1CCCOc1cccc(CN2CCCCC2)c1. The van der Waals surface area contributed by atoms with Crippen molar-refractivity contribution >= 4 is 5.91 Å². The Bertz CT molecular complexity index is 567. The molecule has 1 fully saturated rings. The maximum absolute atomic E-state index is 11.6. The first-order chi connectivity index (χ1) is 11.8. The number of ether oxygens (including phenoxy) is 1. The number of likely N-dealkylation sites (tertiary alicyclic amines) is 1. The van der Waals surface area contributed by atoms with Crippen LogP contribution >= 0.6 is 0 Å². The largest absolute Gasteiger partial charge is 0.494 e. The second-order valence-corrected chi connectivity index (χ2v) is 6.48. The second-order valence-electron chi connectivity index (χ2n) is 6.48. The third-order valence-corrected chi connectivity index (χ3v) is 4.53. The molecule has 130 valence electrons. The van der Waals surface area contributed by atoms with E-state index in [1.54, 1.807) is 17.2 Å². The molecular weight excluding hydrogens is 302 g/mol. The molecular formula is C19H27N3O2. The van der Waals surface area contributed by atoms with Crippen molar-refractivity contribution < 1.29 is 9.53 Å². The molecule has 0 radical (unpaired) electrons. The summed E-state index contributed by atoms with van der Waals surface area (Å²) in [5.41, 5.74) is 1.31. The maximum Gasteiger partial charge on any atom is 0.249 e. The standard InChI is InChI=1S/C19H27N3O2/c23-19-8-9-20-16-22(19)12-5-13-24-18-7-4-6-17(14-18)15-21-10-2-1-3-11-21/h4,6-9,14,20H,1-3,5,10-13,15-16H2. The maximum atomic E-state index is 11.6. The van der Waals surface area contributed by atoms with Crippen molar-refractivity contribution in [1.82, 2.24) is 15.1 Å². The third-order valence-electron chi connectivity index (χ3n) is 4.53. The predicted molar refractivity (Wildman–Crippen MR) is 94.5 cm³/mol. The quantitative estimate of drug-likeness (QED) is 0.780. The summed E-state index contributed by atoms with van der Waals surface area (Å²) < 4.78 is 5.87. The van der Waals surface area contributed by atoms with Gasteiger partial charge in [0, 0.05) is 25.4 Å². The van der Waals surface area contributed by atoms with Gasteiger partial charge in [0.1, 0.15) is 5.75 Å². The van der Waals surface area contributed by atoms with E-state index in [1.165, 1.54) is 37.9 Å². The van der Waals surface area contributed by atoms with Crippen LogP contribution < -0.4 is 10.1 Å². The molecule has 0 bridgehead atoms. The van der Waals surface area contributed by atoms with Crippen molar-refractivity contribution in [3.05, 3.63) is 42.1 Å². The van der Waals surface area contributed by atoms with Gasteiger partial charge in [-0.1, -0.05) is 18.6 Å². The highest BCUT2D eigenvalue weighted by Gasteiger charge is 2.13. The number of carbonyl (C=O) groups is 1. The number of piperidine rings is 1. The molecule has 1 aromatic rings. The van der Waals surface area contributed by atoms with Crippen molar-refractivity contribution in [2.75, 3.05) is 32.9 Å². The number of carbonyl (C=O) groups excluding carboxylic acids is 1. The van der Waals surface area contributed by atoms with Crippen LogP contribution in [-0.4, -0.2) is 48.6 Å². The Hall–Kier alpha value is -2.01. The van der Waals surface area contributed by atoms with E-state index in [2.05, 4.69) is 28.4 Å². The molecule has 5 heteroatoms. The zero-order valence-corrected chi connectivity index (χ0v) is 14.2. The Kier molecular flexibility index (Phi) is 6.13. The Morgan fingerprint density at radius 3 is 2.88 bits per heavy atom. The van der Waals surface area contributed by atoms with Crippen molar-refractivity contribution in [1.29, 1.82) is 0 Å². The molecule has 0 atom stereocenters. The normalized spacial score (nSPS) is 18.5. The van der Waals surface area contributed by atoms with Gasteiger partial charge in [-0.3, -0.25) is 9.69 Å². The summed E-state index contributed by atoms with van der Waals surface area (Å²) in [6.45, 7) is 5.34. The molecule has 0 unspecified atom stereocenters. The first-order valence-corrected chi connectivity index (χ1v) is 8.94. The highest BCUT2D eigenvalue weighted by atomic mass is 16.5. The lowest BCUT2D eigenvalue weighted by Crippen LogP contribution is -2.40. The number of nitrogens with zero attached hydrogens (tertiary/aromatic N) is 2. The van der Waals surface area contributed by atoms with Gasteiger partial charge in [-0.25, -0.2) is 0 Å². The molecule has 0 spiro atoms. The summed E-state index contributed by atoms with van der Waals surface area (Å²) in [6.07, 6.45) is 8.09. The molecule has 1 amide bonds. The summed E-state index contributed by atoms with van der Waals surface area (Å²) in [7, 11) is 0. The summed E-state index contributed by atoms with van der Waals surface area (Å²) in [4.78, 5) is 16.0. The van der Waals surface area contributed by atoms with Crippen LogP contribution in [0.25, 0.3) is 0 Å². The van der Waals surface area contributed by atoms with Gasteiger partial charge in [-0.05, 0) is 50.0 Å². The van der Waals surface area contributed by atoms with Crippen LogP contribution in [0.2, 0.25) is 0 Å². The molecule has 3 rings (SSSR count). The molecule has 2 aliphatic rings. The minimum Gasteiger partial charge on any atom is -0.494 e. The lowest BCUT2D eigenvalue weighted by atomic mass is 10.1. The number of rotatable bonds is 7. The Balaban J connectivity index is 1.41. The van der Waals surface area contributed by atoms with E-state index in [9.17, 15) is 4.79 Å². The van der Waals surface area contributed by atoms with Crippen LogP contribution in [0.5, 0.6) is 5.75 Å². The minimum absolute atomic E-state index is 0.0669. The van der Waals surface area contributed by atoms with Gasteiger partial charge in [-0.15, -0.1) is 0 Å². The topological polar surface area (TPSA) is 44.8 Å². The molecule has 0 aliphatic carbocycles. The van der Waals surface area contributed by atoms with Gasteiger partial charge in [-0.2, -0.15) is 0 Å². The number of nitrogens with one attached hydrogen (secondary N) is 1. The fourth-order valence-corrected chi connectivity index (χ4v) is 3.22. The van der Waals surface area contributed by atoms with Gasteiger partial charge < -0.3 is 15.0 Å². The van der Waals surface area contributed by atoms with Crippen LogP contribution in [0.4, 0.5) is 0 Å². The van der Waals surface area contributed by atoms with Crippen molar-refractivity contribution in [3.63, 3.8) is 0 Å². The van der Waals surface area contributed by atoms with Crippen molar-refractivity contribution in [2.24, 2.45) is 0 Å². The monoisotopic (exact) mass is 329 g/mol. The molecule has 24 heavy (non-hydrogen) atoms. The number of hydrogen-bond donors (Lipinski definition) is 1. The highest BCUT2D eigenvalue weighted by Crippen LogP contribution is 2.17. The number of benzene rings is 1. The predicted octanol–water partition coefficient (Wildman–Crippen LogP) is 2.34. The summed E-state index contributed by atoms with van der Waals surface area (Å²) in [5.74, 6) is 0.991. The Labute approximate surface area is 144 Å². The zero-order valence-electron chi connectivity index (χ0n) is 14.2. The molecule has 1 aromatic carbocycles. The molecule has 0 saturated carbocycles. The van der Waals surface area contributed by atoms with Gasteiger partial charge >= 0.3 is 0 Å². The summed E-state index contributed by atoms with van der Waals surface area (Å²) in [6, 6.07) is 8.39. The second kappa shape index (κ2) is 8.73. The molecule has 0 aromatic heterocycles. The van der Waals surface area contributed by atoms with E-state index >= 15 is 0 Å². The van der Waals surface area contributed by atoms with Crippen LogP contribution in [0.1, 0.15) is 31.2 Å². The lowest BCUT2D eigenvalue weighted by Gasteiger charge is -2.26. The van der Waals surface area contributed by atoms with E-state index in [0.29, 0.717) is 19.8 Å². The van der Waals surface area contributed by atoms with E-state index in [-0.39, 0.29) is 5.91 Å². The van der Waals surface area contributed by atoms with Gasteiger partial charge in [0.2, 0.25) is 5.91 Å². The first kappa shape index (κ1) is 16.8. The van der Waals surface area contributed by atoms with E-state index in [0.717, 1.165) is 18.7 Å². The Morgan fingerprint density at radius 1 is 1.17 bits per heavy atom. The third kappa shape index (κ3) is 4.99. The smallest absolute Gasteiger partial charge is 0.249 e. The number of amides is 1. The van der Waals surface area contributed by atoms with E-state index < -0.39 is 0 Å². The molecule has 1 saturated heterocycles. The van der Waals surface area contributed by atoms with Crippen LogP contribution in [0, 0.1) is 0 Å². The van der Waals surface area contributed by atoms with Crippen LogP contribution in [-0.2, 0) is 11.3 Å². The van der Waals surface area contributed by atoms with Crippen molar-refractivity contribution in [3.8, 4) is 5.75 Å². The first-order valence-electron chi connectivity index (χ1n) is 8.94. The molecule has 1 N–H and O–H groups in total.